The van der Waals surface area contributed by atoms with Crippen LogP contribution in [0.15, 0.2) is 24.3 Å². The molecule has 21 heavy (non-hydrogen) atoms. The molecule has 0 amide bonds. The molecule has 1 fully saturated rings. The molecule has 0 bridgehead atoms. The third-order valence-electron chi connectivity index (χ3n) is 5.65. The van der Waals surface area contributed by atoms with Crippen molar-refractivity contribution in [1.82, 2.24) is 4.90 Å². The molecule has 2 aliphatic carbocycles. The molecule has 1 saturated carbocycles. The minimum absolute atomic E-state index is 0.0554. The molecular formula is C19H30N2. The number of nitrogens with two attached hydrogens (primary N) is 1. The molecule has 2 heteroatoms. The summed E-state index contributed by atoms with van der Waals surface area (Å²) in [5.41, 5.74) is 9.47. The summed E-state index contributed by atoms with van der Waals surface area (Å²) in [6.07, 6.45) is 5.26. The molecule has 2 atom stereocenters. The Kier molecular flexibility index (Phi) is 4.11. The molecule has 1 aromatic carbocycles. The van der Waals surface area contributed by atoms with Crippen molar-refractivity contribution >= 4 is 0 Å². The average molecular weight is 286 g/mol. The van der Waals surface area contributed by atoms with E-state index in [1.54, 1.807) is 0 Å². The van der Waals surface area contributed by atoms with Gasteiger partial charge in [-0.3, -0.25) is 4.90 Å². The van der Waals surface area contributed by atoms with Crippen molar-refractivity contribution in [2.75, 3.05) is 13.1 Å². The zero-order valence-corrected chi connectivity index (χ0v) is 13.8. The first-order chi connectivity index (χ1) is 10.1. The molecule has 2 N–H and O–H groups in total. The molecule has 2 nitrogen and oxygen atoms in total. The maximum atomic E-state index is 6.39. The smallest absolute Gasteiger partial charge is 0.0589 e. The van der Waals surface area contributed by atoms with Gasteiger partial charge in [0.05, 0.1) is 5.54 Å². The summed E-state index contributed by atoms with van der Waals surface area (Å²) in [7, 11) is 0. The topological polar surface area (TPSA) is 29.3 Å². The van der Waals surface area contributed by atoms with E-state index in [-0.39, 0.29) is 5.54 Å². The zero-order valence-electron chi connectivity index (χ0n) is 13.8. The van der Waals surface area contributed by atoms with Crippen LogP contribution in [0, 0.1) is 5.92 Å². The van der Waals surface area contributed by atoms with Gasteiger partial charge in [0.2, 0.25) is 0 Å². The monoisotopic (exact) mass is 286 g/mol. The molecule has 0 spiro atoms. The van der Waals surface area contributed by atoms with E-state index in [0.29, 0.717) is 12.0 Å². The zero-order chi connectivity index (χ0) is 15.0. The number of hydrogen-bond donors (Lipinski definition) is 1. The first kappa shape index (κ1) is 15.1. The van der Waals surface area contributed by atoms with Gasteiger partial charge in [0.15, 0.2) is 0 Å². The highest BCUT2D eigenvalue weighted by molar-refractivity contribution is 5.39. The number of hydrogen-bond acceptors (Lipinski definition) is 2. The number of rotatable bonds is 5. The summed E-state index contributed by atoms with van der Waals surface area (Å²) in [5.74, 6) is 1.57. The molecule has 0 heterocycles. The summed E-state index contributed by atoms with van der Waals surface area (Å²) in [6.45, 7) is 8.99. The Morgan fingerprint density at radius 3 is 2.57 bits per heavy atom. The standard InChI is InChI=1S/C19H30N2/c1-14(2)21(12-16-8-9-16)19(13-20)11-10-15(3)17-6-4-5-7-18(17)19/h4-7,14-16H,8-13,20H2,1-3H3. The van der Waals surface area contributed by atoms with Crippen LogP contribution in [0.2, 0.25) is 0 Å². The average Bonchev–Trinajstić information content (AvgIpc) is 3.30. The third-order valence-corrected chi connectivity index (χ3v) is 5.65. The van der Waals surface area contributed by atoms with Gasteiger partial charge in [0.1, 0.15) is 0 Å². The minimum Gasteiger partial charge on any atom is -0.328 e. The van der Waals surface area contributed by atoms with Crippen LogP contribution in [0.5, 0.6) is 0 Å². The molecule has 0 aromatic heterocycles. The number of benzene rings is 1. The summed E-state index contributed by atoms with van der Waals surface area (Å²) in [6, 6.07) is 9.58. The molecule has 0 radical (unpaired) electrons. The van der Waals surface area contributed by atoms with Crippen LogP contribution in [0.25, 0.3) is 0 Å². The summed E-state index contributed by atoms with van der Waals surface area (Å²) in [4.78, 5) is 2.72. The Labute approximate surface area is 129 Å². The van der Waals surface area contributed by atoms with Crippen LogP contribution >= 0.6 is 0 Å². The minimum atomic E-state index is 0.0554. The summed E-state index contributed by atoms with van der Waals surface area (Å²) < 4.78 is 0. The molecule has 0 aliphatic heterocycles. The highest BCUT2D eigenvalue weighted by Crippen LogP contribution is 2.46. The van der Waals surface area contributed by atoms with E-state index in [2.05, 4.69) is 49.9 Å². The largest absolute Gasteiger partial charge is 0.328 e. The van der Waals surface area contributed by atoms with Crippen molar-refractivity contribution in [2.24, 2.45) is 11.7 Å². The van der Waals surface area contributed by atoms with Crippen LogP contribution in [0.1, 0.15) is 63.5 Å². The second-order valence-electron chi connectivity index (χ2n) is 7.45. The maximum Gasteiger partial charge on any atom is 0.0589 e. The van der Waals surface area contributed by atoms with Crippen LogP contribution in [-0.2, 0) is 5.54 Å². The van der Waals surface area contributed by atoms with Gasteiger partial charge in [-0.2, -0.15) is 0 Å². The molecule has 116 valence electrons. The summed E-state index contributed by atoms with van der Waals surface area (Å²) >= 11 is 0. The van der Waals surface area contributed by atoms with Gasteiger partial charge >= 0.3 is 0 Å². The van der Waals surface area contributed by atoms with Crippen LogP contribution in [-0.4, -0.2) is 24.0 Å². The van der Waals surface area contributed by atoms with Crippen molar-refractivity contribution in [3.63, 3.8) is 0 Å². The van der Waals surface area contributed by atoms with E-state index in [1.807, 2.05) is 0 Å². The van der Waals surface area contributed by atoms with Gasteiger partial charge in [0, 0.05) is 19.1 Å². The highest BCUT2D eigenvalue weighted by atomic mass is 15.2. The molecule has 1 aromatic rings. The van der Waals surface area contributed by atoms with Crippen LogP contribution in [0.4, 0.5) is 0 Å². The van der Waals surface area contributed by atoms with E-state index >= 15 is 0 Å². The van der Waals surface area contributed by atoms with Crippen LogP contribution < -0.4 is 5.73 Å². The second-order valence-corrected chi connectivity index (χ2v) is 7.45. The summed E-state index contributed by atoms with van der Waals surface area (Å²) in [5, 5.41) is 0. The fourth-order valence-electron chi connectivity index (χ4n) is 4.18. The van der Waals surface area contributed by atoms with Crippen molar-refractivity contribution in [3.8, 4) is 0 Å². The lowest BCUT2D eigenvalue weighted by atomic mass is 9.71. The lowest BCUT2D eigenvalue weighted by molar-refractivity contribution is 0.0361. The van der Waals surface area contributed by atoms with Gasteiger partial charge in [-0.05, 0) is 62.5 Å². The fourth-order valence-corrected chi connectivity index (χ4v) is 4.18. The first-order valence-electron chi connectivity index (χ1n) is 8.64. The van der Waals surface area contributed by atoms with E-state index in [0.717, 1.165) is 12.5 Å². The molecular weight excluding hydrogens is 256 g/mol. The predicted molar refractivity (Wildman–Crippen MR) is 89.4 cm³/mol. The van der Waals surface area contributed by atoms with Gasteiger partial charge in [-0.15, -0.1) is 0 Å². The second kappa shape index (κ2) is 5.73. The van der Waals surface area contributed by atoms with Crippen LogP contribution in [0.3, 0.4) is 0 Å². The Morgan fingerprint density at radius 1 is 1.24 bits per heavy atom. The lowest BCUT2D eigenvalue weighted by Gasteiger charge is -2.50. The van der Waals surface area contributed by atoms with E-state index in [4.69, 9.17) is 5.73 Å². The number of fused-ring (bicyclic) bond motifs is 1. The SMILES string of the molecule is CC1CCC(CN)(N(CC2CC2)C(C)C)c2ccccc21. The van der Waals surface area contributed by atoms with Crippen molar-refractivity contribution in [3.05, 3.63) is 35.4 Å². The van der Waals surface area contributed by atoms with Gasteiger partial charge < -0.3 is 5.73 Å². The molecule has 2 unspecified atom stereocenters. The highest BCUT2D eigenvalue weighted by Gasteiger charge is 2.44. The maximum absolute atomic E-state index is 6.39. The Balaban J connectivity index is 2.04. The molecule has 2 aliphatic rings. The normalized spacial score (nSPS) is 29.0. The third kappa shape index (κ3) is 2.64. The van der Waals surface area contributed by atoms with E-state index in [9.17, 15) is 0 Å². The predicted octanol–water partition coefficient (Wildman–Crippen LogP) is 3.86. The Bertz CT molecular complexity index is 492. The van der Waals surface area contributed by atoms with E-state index in [1.165, 1.54) is 43.4 Å². The molecule has 3 rings (SSSR count). The first-order valence-corrected chi connectivity index (χ1v) is 8.64. The van der Waals surface area contributed by atoms with Crippen molar-refractivity contribution in [1.29, 1.82) is 0 Å². The van der Waals surface area contributed by atoms with Gasteiger partial charge in [-0.1, -0.05) is 31.2 Å². The van der Waals surface area contributed by atoms with Crippen molar-refractivity contribution < 1.29 is 0 Å². The Morgan fingerprint density at radius 2 is 1.95 bits per heavy atom. The van der Waals surface area contributed by atoms with Gasteiger partial charge in [0.25, 0.3) is 0 Å². The fraction of sp³-hybridized carbons (Fsp3) is 0.684. The van der Waals surface area contributed by atoms with Gasteiger partial charge in [-0.25, -0.2) is 0 Å². The molecule has 0 saturated heterocycles. The van der Waals surface area contributed by atoms with E-state index < -0.39 is 0 Å². The Hall–Kier alpha value is -0.860. The lowest BCUT2D eigenvalue weighted by Crippen LogP contribution is -2.56. The van der Waals surface area contributed by atoms with Crippen molar-refractivity contribution in [2.45, 2.75) is 64.0 Å². The number of nitrogens with zero attached hydrogens (tertiary/aromatic N) is 1. The quantitative estimate of drug-likeness (QED) is 0.890.